The molecule has 0 bridgehead atoms. The smallest absolute Gasteiger partial charge is 0.387 e. The van der Waals surface area contributed by atoms with Crippen LogP contribution >= 0.6 is 0 Å². The van der Waals surface area contributed by atoms with Gasteiger partial charge >= 0.3 is 6.61 Å². The molecule has 1 amide bonds. The molecule has 0 spiro atoms. The first kappa shape index (κ1) is 22.9. The summed E-state index contributed by atoms with van der Waals surface area (Å²) in [5, 5.41) is 3.22. The topological polar surface area (TPSA) is 89.2 Å². The van der Waals surface area contributed by atoms with Gasteiger partial charge in [-0.2, -0.15) is 8.78 Å². The van der Waals surface area contributed by atoms with Crippen molar-refractivity contribution in [2.45, 2.75) is 26.6 Å². The second-order valence-corrected chi connectivity index (χ2v) is 6.45. The zero-order chi connectivity index (χ0) is 21.9. The molecule has 0 saturated carbocycles. The molecule has 0 heterocycles. The van der Waals surface area contributed by atoms with Gasteiger partial charge in [0.1, 0.15) is 11.5 Å². The molecule has 2 aromatic carbocycles. The van der Waals surface area contributed by atoms with Crippen molar-refractivity contribution in [2.75, 3.05) is 20.2 Å². The van der Waals surface area contributed by atoms with E-state index in [2.05, 4.69) is 15.0 Å². The lowest BCUT2D eigenvalue weighted by Gasteiger charge is -2.22. The minimum atomic E-state index is -2.84. The molecule has 2 rings (SSSR count). The Morgan fingerprint density at radius 3 is 2.53 bits per heavy atom. The fourth-order valence-electron chi connectivity index (χ4n) is 2.65. The van der Waals surface area contributed by atoms with Crippen LogP contribution in [0.25, 0.3) is 0 Å². The number of rotatable bonds is 10. The first-order valence-corrected chi connectivity index (χ1v) is 9.40. The summed E-state index contributed by atoms with van der Waals surface area (Å²) in [5.41, 5.74) is 6.93. The predicted octanol–water partition coefficient (Wildman–Crippen LogP) is 2.75. The molecular weight excluding hydrogens is 394 g/mol. The van der Waals surface area contributed by atoms with Crippen molar-refractivity contribution in [3.63, 3.8) is 0 Å². The molecule has 2 aromatic rings. The van der Waals surface area contributed by atoms with Gasteiger partial charge in [0.2, 0.25) is 0 Å². The molecule has 0 aliphatic carbocycles. The SMILES string of the molecule is CCNC(=NCc1cccc(OCC(N)=O)c1)N(C)Cc1ccc(OC(F)F)cc1. The van der Waals surface area contributed by atoms with Crippen molar-refractivity contribution in [2.24, 2.45) is 10.7 Å². The summed E-state index contributed by atoms with van der Waals surface area (Å²) < 4.78 is 34.2. The second-order valence-electron chi connectivity index (χ2n) is 6.45. The van der Waals surface area contributed by atoms with E-state index in [9.17, 15) is 13.6 Å². The number of nitrogens with one attached hydrogen (secondary N) is 1. The van der Waals surface area contributed by atoms with Gasteiger partial charge in [-0.3, -0.25) is 4.79 Å². The number of alkyl halides is 2. The van der Waals surface area contributed by atoms with Crippen LogP contribution in [0.2, 0.25) is 0 Å². The van der Waals surface area contributed by atoms with Crippen molar-refractivity contribution in [3.8, 4) is 11.5 Å². The maximum Gasteiger partial charge on any atom is 0.387 e. The van der Waals surface area contributed by atoms with Gasteiger partial charge in [0.25, 0.3) is 5.91 Å². The number of benzene rings is 2. The number of guanidine groups is 1. The third-order valence-electron chi connectivity index (χ3n) is 3.96. The number of ether oxygens (including phenoxy) is 2. The van der Waals surface area contributed by atoms with E-state index < -0.39 is 12.5 Å². The molecule has 0 aromatic heterocycles. The van der Waals surface area contributed by atoms with E-state index in [-0.39, 0.29) is 12.4 Å². The van der Waals surface area contributed by atoms with Crippen LogP contribution in [0.5, 0.6) is 11.5 Å². The zero-order valence-corrected chi connectivity index (χ0v) is 17.0. The van der Waals surface area contributed by atoms with Crippen LogP contribution in [0, 0.1) is 0 Å². The fraction of sp³-hybridized carbons (Fsp3) is 0.333. The third-order valence-corrected chi connectivity index (χ3v) is 3.96. The average Bonchev–Trinajstić information content (AvgIpc) is 2.71. The zero-order valence-electron chi connectivity index (χ0n) is 17.0. The van der Waals surface area contributed by atoms with Crippen molar-refractivity contribution in [3.05, 3.63) is 59.7 Å². The van der Waals surface area contributed by atoms with Crippen molar-refractivity contribution in [1.82, 2.24) is 10.2 Å². The largest absolute Gasteiger partial charge is 0.484 e. The van der Waals surface area contributed by atoms with Crippen molar-refractivity contribution in [1.29, 1.82) is 0 Å². The van der Waals surface area contributed by atoms with Gasteiger partial charge in [-0.1, -0.05) is 24.3 Å². The van der Waals surface area contributed by atoms with Crippen LogP contribution in [0.3, 0.4) is 0 Å². The number of nitrogens with two attached hydrogens (primary N) is 1. The number of aliphatic imine (C=N–C) groups is 1. The van der Waals surface area contributed by atoms with E-state index in [0.717, 1.165) is 11.1 Å². The molecule has 3 N–H and O–H groups in total. The summed E-state index contributed by atoms with van der Waals surface area (Å²) >= 11 is 0. The minimum absolute atomic E-state index is 0.121. The fourth-order valence-corrected chi connectivity index (χ4v) is 2.65. The van der Waals surface area contributed by atoms with E-state index >= 15 is 0 Å². The van der Waals surface area contributed by atoms with Crippen LogP contribution in [0.15, 0.2) is 53.5 Å². The van der Waals surface area contributed by atoms with E-state index in [4.69, 9.17) is 10.5 Å². The van der Waals surface area contributed by atoms with E-state index in [0.29, 0.717) is 31.3 Å². The molecule has 0 unspecified atom stereocenters. The van der Waals surface area contributed by atoms with Crippen molar-refractivity contribution >= 4 is 11.9 Å². The summed E-state index contributed by atoms with van der Waals surface area (Å²) in [6.07, 6.45) is 0. The maximum atomic E-state index is 12.3. The number of carbonyl (C=O) groups excluding carboxylic acids is 1. The van der Waals surface area contributed by atoms with Crippen LogP contribution < -0.4 is 20.5 Å². The standard InChI is InChI=1S/C21H26F2N4O3/c1-3-25-21(26-12-16-5-4-6-18(11-16)29-14-19(24)28)27(2)13-15-7-9-17(10-8-15)30-20(22)23/h4-11,20H,3,12-14H2,1-2H3,(H2,24,28)(H,25,26). The van der Waals surface area contributed by atoms with Gasteiger partial charge in [0.15, 0.2) is 12.6 Å². The molecule has 162 valence electrons. The molecule has 0 saturated heterocycles. The molecular formula is C21H26F2N4O3. The summed E-state index contributed by atoms with van der Waals surface area (Å²) in [7, 11) is 1.89. The Balaban J connectivity index is 2.02. The lowest BCUT2D eigenvalue weighted by atomic mass is 10.2. The van der Waals surface area contributed by atoms with Gasteiger partial charge in [0.05, 0.1) is 6.54 Å². The second kappa shape index (κ2) is 11.6. The number of amides is 1. The molecule has 0 radical (unpaired) electrons. The Labute approximate surface area is 174 Å². The number of carbonyl (C=O) groups is 1. The molecule has 30 heavy (non-hydrogen) atoms. The van der Waals surface area contributed by atoms with Gasteiger partial charge in [0, 0.05) is 20.1 Å². The molecule has 7 nitrogen and oxygen atoms in total. The Morgan fingerprint density at radius 1 is 1.17 bits per heavy atom. The monoisotopic (exact) mass is 420 g/mol. The highest BCUT2D eigenvalue weighted by Crippen LogP contribution is 2.16. The van der Waals surface area contributed by atoms with Crippen molar-refractivity contribution < 1.29 is 23.0 Å². The summed E-state index contributed by atoms with van der Waals surface area (Å²) in [4.78, 5) is 17.4. The number of nitrogens with zero attached hydrogens (tertiary/aromatic N) is 2. The van der Waals surface area contributed by atoms with Gasteiger partial charge < -0.3 is 25.4 Å². The number of hydrogen-bond acceptors (Lipinski definition) is 4. The summed E-state index contributed by atoms with van der Waals surface area (Å²) in [5.74, 6) is 0.818. The maximum absolute atomic E-state index is 12.3. The van der Waals surface area contributed by atoms with E-state index in [1.54, 1.807) is 24.3 Å². The van der Waals surface area contributed by atoms with Gasteiger partial charge in [-0.05, 0) is 42.3 Å². The van der Waals surface area contributed by atoms with E-state index in [1.165, 1.54) is 12.1 Å². The molecule has 9 heteroatoms. The highest BCUT2D eigenvalue weighted by atomic mass is 19.3. The van der Waals surface area contributed by atoms with Crippen LogP contribution in [0.4, 0.5) is 8.78 Å². The van der Waals surface area contributed by atoms with E-state index in [1.807, 2.05) is 31.0 Å². The number of halogens is 2. The van der Waals surface area contributed by atoms with Crippen LogP contribution in [-0.4, -0.2) is 43.6 Å². The third kappa shape index (κ3) is 7.94. The average molecular weight is 420 g/mol. The first-order chi connectivity index (χ1) is 14.4. The highest BCUT2D eigenvalue weighted by molar-refractivity contribution is 5.79. The molecule has 0 aliphatic heterocycles. The minimum Gasteiger partial charge on any atom is -0.484 e. The first-order valence-electron chi connectivity index (χ1n) is 9.40. The molecule has 0 fully saturated rings. The highest BCUT2D eigenvalue weighted by Gasteiger charge is 2.09. The Bertz CT molecular complexity index is 844. The lowest BCUT2D eigenvalue weighted by molar-refractivity contribution is -0.119. The van der Waals surface area contributed by atoms with Gasteiger partial charge in [-0.15, -0.1) is 0 Å². The molecule has 0 aliphatic rings. The quantitative estimate of drug-likeness (QED) is 0.456. The number of primary amides is 1. The normalized spacial score (nSPS) is 11.3. The summed E-state index contributed by atoms with van der Waals surface area (Å²) in [6.45, 7) is 0.568. The summed E-state index contributed by atoms with van der Waals surface area (Å²) in [6, 6.07) is 13.8. The lowest BCUT2D eigenvalue weighted by Crippen LogP contribution is -2.38. The Kier molecular flexibility index (Phi) is 8.86. The van der Waals surface area contributed by atoms with Crippen LogP contribution in [-0.2, 0) is 17.9 Å². The predicted molar refractivity (Wildman–Crippen MR) is 110 cm³/mol. The van der Waals surface area contributed by atoms with Crippen LogP contribution in [0.1, 0.15) is 18.1 Å². The Hall–Kier alpha value is -3.36. The van der Waals surface area contributed by atoms with Gasteiger partial charge in [-0.25, -0.2) is 4.99 Å². The molecule has 0 atom stereocenters. The number of hydrogen-bond donors (Lipinski definition) is 2. The Morgan fingerprint density at radius 2 is 1.90 bits per heavy atom.